The van der Waals surface area contributed by atoms with Crippen LogP contribution in [0.1, 0.15) is 18.5 Å². The van der Waals surface area contributed by atoms with E-state index in [1.807, 2.05) is 0 Å². The van der Waals surface area contributed by atoms with Crippen LogP contribution < -0.4 is 5.32 Å². The lowest BCUT2D eigenvalue weighted by Gasteiger charge is -2.19. The summed E-state index contributed by atoms with van der Waals surface area (Å²) >= 11 is 3.25. The molecule has 1 amide bonds. The molecule has 134 valence electrons. The average molecular weight is 429 g/mol. The third kappa shape index (κ3) is 5.10. The number of carbonyl (C=O) groups excluding carboxylic acids is 1. The lowest BCUT2D eigenvalue weighted by molar-refractivity contribution is -0.121. The van der Waals surface area contributed by atoms with Gasteiger partial charge in [-0.3, -0.25) is 4.79 Å². The minimum atomic E-state index is -3.75. The standard InChI is InChI=1S/C17H18BrFN2O3S/c1-12(13-3-7-15(19)8-4-13)20-17(22)11-21(2)25(23,24)16-9-5-14(18)6-10-16/h3-10,12H,11H2,1-2H3,(H,20,22)/t12-/m0/s1. The van der Waals surface area contributed by atoms with Gasteiger partial charge in [0.25, 0.3) is 0 Å². The molecule has 0 aromatic heterocycles. The van der Waals surface area contributed by atoms with Gasteiger partial charge < -0.3 is 5.32 Å². The Kier molecular flexibility index (Phi) is 6.31. The van der Waals surface area contributed by atoms with Crippen LogP contribution >= 0.6 is 15.9 Å². The summed E-state index contributed by atoms with van der Waals surface area (Å²) in [5, 5.41) is 2.70. The Hall–Kier alpha value is -1.77. The molecule has 8 heteroatoms. The van der Waals surface area contributed by atoms with Gasteiger partial charge in [0, 0.05) is 11.5 Å². The van der Waals surface area contributed by atoms with Crippen molar-refractivity contribution in [1.29, 1.82) is 0 Å². The van der Waals surface area contributed by atoms with Crippen LogP contribution in [0.25, 0.3) is 0 Å². The molecule has 0 fully saturated rings. The van der Waals surface area contributed by atoms with E-state index in [0.717, 1.165) is 14.3 Å². The van der Waals surface area contributed by atoms with Crippen molar-refractivity contribution in [2.24, 2.45) is 0 Å². The van der Waals surface area contributed by atoms with Gasteiger partial charge in [-0.05, 0) is 48.9 Å². The topological polar surface area (TPSA) is 66.5 Å². The highest BCUT2D eigenvalue weighted by atomic mass is 79.9. The van der Waals surface area contributed by atoms with E-state index >= 15 is 0 Å². The highest BCUT2D eigenvalue weighted by Gasteiger charge is 2.23. The number of carbonyl (C=O) groups is 1. The van der Waals surface area contributed by atoms with Crippen molar-refractivity contribution >= 4 is 31.9 Å². The summed E-state index contributed by atoms with van der Waals surface area (Å²) in [6, 6.07) is 11.6. The normalized spacial score (nSPS) is 12.8. The molecule has 1 atom stereocenters. The van der Waals surface area contributed by atoms with E-state index in [0.29, 0.717) is 0 Å². The quantitative estimate of drug-likeness (QED) is 0.768. The molecule has 1 N–H and O–H groups in total. The fourth-order valence-electron chi connectivity index (χ4n) is 2.20. The minimum absolute atomic E-state index is 0.109. The molecule has 0 saturated carbocycles. The number of rotatable bonds is 6. The number of amides is 1. The molecule has 2 aromatic rings. The maximum absolute atomic E-state index is 12.9. The van der Waals surface area contributed by atoms with Crippen LogP contribution in [0.3, 0.4) is 0 Å². The number of likely N-dealkylation sites (N-methyl/N-ethyl adjacent to an activating group) is 1. The maximum atomic E-state index is 12.9. The second kappa shape index (κ2) is 8.07. The third-order valence-electron chi connectivity index (χ3n) is 3.64. The molecule has 0 spiro atoms. The van der Waals surface area contributed by atoms with Gasteiger partial charge in [-0.25, -0.2) is 12.8 Å². The first-order valence-electron chi connectivity index (χ1n) is 7.47. The average Bonchev–Trinajstić information content (AvgIpc) is 2.55. The van der Waals surface area contributed by atoms with E-state index in [1.165, 1.54) is 31.3 Å². The smallest absolute Gasteiger partial charge is 0.243 e. The van der Waals surface area contributed by atoms with Crippen molar-refractivity contribution < 1.29 is 17.6 Å². The molecule has 0 heterocycles. The van der Waals surface area contributed by atoms with Gasteiger partial charge in [0.05, 0.1) is 17.5 Å². The lowest BCUT2D eigenvalue weighted by atomic mass is 10.1. The first-order chi connectivity index (χ1) is 11.7. The monoisotopic (exact) mass is 428 g/mol. The van der Waals surface area contributed by atoms with Crippen LogP contribution in [-0.2, 0) is 14.8 Å². The van der Waals surface area contributed by atoms with Crippen LogP contribution in [0, 0.1) is 5.82 Å². The zero-order valence-electron chi connectivity index (χ0n) is 13.7. The second-order valence-corrected chi connectivity index (χ2v) is 8.52. The van der Waals surface area contributed by atoms with Gasteiger partial charge in [0.2, 0.25) is 15.9 Å². The van der Waals surface area contributed by atoms with Gasteiger partial charge in [0.15, 0.2) is 0 Å². The van der Waals surface area contributed by atoms with E-state index < -0.39 is 15.9 Å². The largest absolute Gasteiger partial charge is 0.348 e. The molecular weight excluding hydrogens is 411 g/mol. The Bertz CT molecular complexity index is 839. The number of nitrogens with zero attached hydrogens (tertiary/aromatic N) is 1. The molecule has 0 aliphatic carbocycles. The molecule has 2 rings (SSSR count). The summed E-state index contributed by atoms with van der Waals surface area (Å²) in [6.45, 7) is 1.43. The van der Waals surface area contributed by atoms with Crippen molar-refractivity contribution in [3.8, 4) is 0 Å². The van der Waals surface area contributed by atoms with Crippen molar-refractivity contribution in [1.82, 2.24) is 9.62 Å². The summed E-state index contributed by atoms with van der Waals surface area (Å²) in [5.41, 5.74) is 0.730. The zero-order chi connectivity index (χ0) is 18.6. The summed E-state index contributed by atoms with van der Waals surface area (Å²) in [6.07, 6.45) is 0. The second-order valence-electron chi connectivity index (χ2n) is 5.56. The fourth-order valence-corrected chi connectivity index (χ4v) is 3.59. The number of nitrogens with one attached hydrogen (secondary N) is 1. The van der Waals surface area contributed by atoms with Gasteiger partial charge >= 0.3 is 0 Å². The Morgan fingerprint density at radius 1 is 1.16 bits per heavy atom. The minimum Gasteiger partial charge on any atom is -0.348 e. The molecular formula is C17H18BrFN2O3S. The summed E-state index contributed by atoms with van der Waals surface area (Å²) in [5.74, 6) is -0.803. The van der Waals surface area contributed by atoms with Crippen LogP contribution in [0.4, 0.5) is 4.39 Å². The van der Waals surface area contributed by atoms with Crippen LogP contribution in [0.15, 0.2) is 57.9 Å². The molecule has 0 bridgehead atoms. The van der Waals surface area contributed by atoms with Crippen LogP contribution in [0.5, 0.6) is 0 Å². The SMILES string of the molecule is C[C@H](NC(=O)CN(C)S(=O)(=O)c1ccc(Br)cc1)c1ccc(F)cc1. The Morgan fingerprint density at radius 3 is 2.28 bits per heavy atom. The van der Waals surface area contributed by atoms with E-state index in [9.17, 15) is 17.6 Å². The number of benzene rings is 2. The van der Waals surface area contributed by atoms with Gasteiger partial charge in [0.1, 0.15) is 5.82 Å². The predicted octanol–water partition coefficient (Wildman–Crippen LogP) is 3.09. The summed E-state index contributed by atoms with van der Waals surface area (Å²) < 4.78 is 39.6. The molecule has 0 saturated heterocycles. The van der Waals surface area contributed by atoms with Crippen molar-refractivity contribution in [2.75, 3.05) is 13.6 Å². The summed E-state index contributed by atoms with van der Waals surface area (Å²) in [4.78, 5) is 12.2. The van der Waals surface area contributed by atoms with E-state index in [1.54, 1.807) is 31.2 Å². The van der Waals surface area contributed by atoms with Crippen molar-refractivity contribution in [2.45, 2.75) is 17.9 Å². The van der Waals surface area contributed by atoms with Crippen molar-refractivity contribution in [3.63, 3.8) is 0 Å². The van der Waals surface area contributed by atoms with Gasteiger partial charge in [-0.2, -0.15) is 4.31 Å². The van der Waals surface area contributed by atoms with Crippen LogP contribution in [0.2, 0.25) is 0 Å². The predicted molar refractivity (Wildman–Crippen MR) is 96.9 cm³/mol. The van der Waals surface area contributed by atoms with Gasteiger partial charge in [-0.1, -0.05) is 28.1 Å². The molecule has 2 aromatic carbocycles. The molecule has 0 radical (unpaired) electrons. The molecule has 0 aliphatic heterocycles. The van der Waals surface area contributed by atoms with E-state index in [-0.39, 0.29) is 23.3 Å². The number of hydrogen-bond donors (Lipinski definition) is 1. The van der Waals surface area contributed by atoms with Gasteiger partial charge in [-0.15, -0.1) is 0 Å². The maximum Gasteiger partial charge on any atom is 0.243 e. The number of halogens is 2. The van der Waals surface area contributed by atoms with Crippen molar-refractivity contribution in [3.05, 3.63) is 64.4 Å². The Balaban J connectivity index is 2.01. The highest BCUT2D eigenvalue weighted by molar-refractivity contribution is 9.10. The highest BCUT2D eigenvalue weighted by Crippen LogP contribution is 2.18. The lowest BCUT2D eigenvalue weighted by Crippen LogP contribution is -2.39. The molecule has 25 heavy (non-hydrogen) atoms. The zero-order valence-corrected chi connectivity index (χ0v) is 16.1. The third-order valence-corrected chi connectivity index (χ3v) is 5.98. The number of sulfonamides is 1. The number of hydrogen-bond acceptors (Lipinski definition) is 3. The first-order valence-corrected chi connectivity index (χ1v) is 9.70. The molecule has 0 unspecified atom stereocenters. The first kappa shape index (κ1) is 19.6. The van der Waals surface area contributed by atoms with E-state index in [4.69, 9.17) is 0 Å². The molecule has 5 nitrogen and oxygen atoms in total. The summed E-state index contributed by atoms with van der Waals surface area (Å²) in [7, 11) is -2.41. The molecule has 0 aliphatic rings. The van der Waals surface area contributed by atoms with E-state index in [2.05, 4.69) is 21.2 Å². The Morgan fingerprint density at radius 2 is 1.72 bits per heavy atom. The fraction of sp³-hybridized carbons (Fsp3) is 0.235. The Labute approximate surface area is 155 Å². The van der Waals surface area contributed by atoms with Crippen LogP contribution in [-0.4, -0.2) is 32.2 Å².